The zero-order valence-corrected chi connectivity index (χ0v) is 9.57. The highest BCUT2D eigenvalue weighted by atomic mass is 16.5. The van der Waals surface area contributed by atoms with Gasteiger partial charge < -0.3 is 15.2 Å². The van der Waals surface area contributed by atoms with Crippen molar-refractivity contribution in [2.24, 2.45) is 0 Å². The third kappa shape index (κ3) is 4.18. The molecular formula is C11H19NO4. The third-order valence-corrected chi connectivity index (χ3v) is 2.63. The maximum atomic E-state index is 11.7. The summed E-state index contributed by atoms with van der Waals surface area (Å²) in [6, 6.07) is -0.279. The van der Waals surface area contributed by atoms with Crippen molar-refractivity contribution >= 4 is 11.9 Å². The largest absolute Gasteiger partial charge is 0.481 e. The number of hydrogen-bond acceptors (Lipinski definition) is 3. The molecule has 0 aromatic heterocycles. The van der Waals surface area contributed by atoms with Gasteiger partial charge in [0.25, 0.3) is 0 Å². The van der Waals surface area contributed by atoms with E-state index in [0.29, 0.717) is 13.0 Å². The standard InChI is InChI=1S/C11H19NO4/c1-2-4-8(7-10(13)14)12-11(15)9-5-3-6-16-9/h8-9H,2-7H2,1H3,(H,12,15)(H,13,14)/t8?,9-/m1/s1. The van der Waals surface area contributed by atoms with E-state index in [1.807, 2.05) is 6.92 Å². The minimum Gasteiger partial charge on any atom is -0.481 e. The Hall–Kier alpha value is -1.10. The van der Waals surface area contributed by atoms with E-state index in [1.165, 1.54) is 0 Å². The normalized spacial score (nSPS) is 21.7. The summed E-state index contributed by atoms with van der Waals surface area (Å²) in [6.07, 6.45) is 2.77. The van der Waals surface area contributed by atoms with Gasteiger partial charge in [-0.15, -0.1) is 0 Å². The van der Waals surface area contributed by atoms with Crippen molar-refractivity contribution < 1.29 is 19.4 Å². The fourth-order valence-electron chi connectivity index (χ4n) is 1.86. The summed E-state index contributed by atoms with van der Waals surface area (Å²) in [7, 11) is 0. The van der Waals surface area contributed by atoms with Gasteiger partial charge in [0.15, 0.2) is 0 Å². The van der Waals surface area contributed by atoms with Crippen LogP contribution in [0.3, 0.4) is 0 Å². The molecule has 0 aliphatic carbocycles. The molecule has 1 aliphatic heterocycles. The van der Waals surface area contributed by atoms with Crippen molar-refractivity contribution in [1.82, 2.24) is 5.32 Å². The van der Waals surface area contributed by atoms with E-state index >= 15 is 0 Å². The first-order chi connectivity index (χ1) is 7.63. The monoisotopic (exact) mass is 229 g/mol. The lowest BCUT2D eigenvalue weighted by Crippen LogP contribution is -2.42. The number of carboxylic acids is 1. The number of amides is 1. The van der Waals surface area contributed by atoms with Gasteiger partial charge in [-0.05, 0) is 19.3 Å². The molecule has 0 bridgehead atoms. The Morgan fingerprint density at radius 3 is 2.81 bits per heavy atom. The fraction of sp³-hybridized carbons (Fsp3) is 0.818. The lowest BCUT2D eigenvalue weighted by Gasteiger charge is -2.18. The lowest BCUT2D eigenvalue weighted by atomic mass is 10.1. The Kier molecular flexibility index (Phi) is 5.25. The van der Waals surface area contributed by atoms with Crippen LogP contribution in [-0.2, 0) is 14.3 Å². The van der Waals surface area contributed by atoms with E-state index in [4.69, 9.17) is 9.84 Å². The predicted molar refractivity (Wildman–Crippen MR) is 58.1 cm³/mol. The molecular weight excluding hydrogens is 210 g/mol. The van der Waals surface area contributed by atoms with Crippen molar-refractivity contribution in [2.45, 2.75) is 51.2 Å². The minimum absolute atomic E-state index is 0.0215. The van der Waals surface area contributed by atoms with Crippen LogP contribution in [0, 0.1) is 0 Å². The van der Waals surface area contributed by atoms with Gasteiger partial charge in [-0.1, -0.05) is 13.3 Å². The van der Waals surface area contributed by atoms with Crippen molar-refractivity contribution in [1.29, 1.82) is 0 Å². The van der Waals surface area contributed by atoms with Crippen LogP contribution in [0.5, 0.6) is 0 Å². The van der Waals surface area contributed by atoms with Gasteiger partial charge >= 0.3 is 5.97 Å². The van der Waals surface area contributed by atoms with E-state index < -0.39 is 5.97 Å². The summed E-state index contributed by atoms with van der Waals surface area (Å²) in [5, 5.41) is 11.5. The molecule has 1 amide bonds. The van der Waals surface area contributed by atoms with E-state index in [-0.39, 0.29) is 24.5 Å². The first-order valence-electron chi connectivity index (χ1n) is 5.77. The van der Waals surface area contributed by atoms with Gasteiger partial charge in [0, 0.05) is 12.6 Å². The van der Waals surface area contributed by atoms with Crippen LogP contribution in [0.15, 0.2) is 0 Å². The number of hydrogen-bond donors (Lipinski definition) is 2. The summed E-state index contributed by atoms with van der Waals surface area (Å²) in [5.74, 6) is -1.05. The maximum absolute atomic E-state index is 11.7. The highest BCUT2D eigenvalue weighted by Crippen LogP contribution is 2.13. The van der Waals surface area contributed by atoms with Crippen LogP contribution in [0.2, 0.25) is 0 Å². The molecule has 0 spiro atoms. The van der Waals surface area contributed by atoms with Gasteiger partial charge in [0.2, 0.25) is 5.91 Å². The second kappa shape index (κ2) is 6.48. The first-order valence-corrected chi connectivity index (χ1v) is 5.77. The van der Waals surface area contributed by atoms with Crippen molar-refractivity contribution in [3.8, 4) is 0 Å². The highest BCUT2D eigenvalue weighted by molar-refractivity contribution is 5.81. The topological polar surface area (TPSA) is 75.6 Å². The summed E-state index contributed by atoms with van der Waals surface area (Å²) in [4.78, 5) is 22.3. The predicted octanol–water partition coefficient (Wildman–Crippen LogP) is 0.925. The van der Waals surface area contributed by atoms with E-state index in [9.17, 15) is 9.59 Å². The van der Waals surface area contributed by atoms with E-state index in [1.54, 1.807) is 0 Å². The van der Waals surface area contributed by atoms with Gasteiger partial charge in [0.05, 0.1) is 6.42 Å². The number of rotatable bonds is 6. The zero-order chi connectivity index (χ0) is 12.0. The highest BCUT2D eigenvalue weighted by Gasteiger charge is 2.25. The van der Waals surface area contributed by atoms with Crippen LogP contribution in [0.1, 0.15) is 39.0 Å². The molecule has 0 saturated carbocycles. The Morgan fingerprint density at radius 2 is 2.31 bits per heavy atom. The second-order valence-corrected chi connectivity index (χ2v) is 4.09. The lowest BCUT2D eigenvalue weighted by molar-refractivity contribution is -0.138. The summed E-state index contributed by atoms with van der Waals surface area (Å²) < 4.78 is 5.24. The molecule has 92 valence electrons. The van der Waals surface area contributed by atoms with Crippen LogP contribution < -0.4 is 5.32 Å². The van der Waals surface area contributed by atoms with Crippen molar-refractivity contribution in [3.63, 3.8) is 0 Å². The Bertz CT molecular complexity index is 248. The zero-order valence-electron chi connectivity index (χ0n) is 9.57. The molecule has 0 aromatic carbocycles. The Balaban J connectivity index is 2.39. The molecule has 0 aromatic rings. The fourth-order valence-corrected chi connectivity index (χ4v) is 1.86. The molecule has 1 aliphatic rings. The van der Waals surface area contributed by atoms with Crippen LogP contribution in [0.25, 0.3) is 0 Å². The quantitative estimate of drug-likeness (QED) is 0.710. The molecule has 0 radical (unpaired) electrons. The van der Waals surface area contributed by atoms with Crippen molar-refractivity contribution in [2.75, 3.05) is 6.61 Å². The van der Waals surface area contributed by atoms with Crippen molar-refractivity contribution in [3.05, 3.63) is 0 Å². The molecule has 2 atom stereocenters. The molecule has 1 rings (SSSR count). The Labute approximate surface area is 95.2 Å². The number of nitrogens with one attached hydrogen (secondary N) is 1. The summed E-state index contributed by atoms with van der Waals surface area (Å²) >= 11 is 0. The number of carbonyl (C=O) groups excluding carboxylic acids is 1. The molecule has 16 heavy (non-hydrogen) atoms. The summed E-state index contributed by atoms with van der Waals surface area (Å²) in [5.41, 5.74) is 0. The van der Waals surface area contributed by atoms with Crippen LogP contribution >= 0.6 is 0 Å². The van der Waals surface area contributed by atoms with E-state index in [0.717, 1.165) is 19.3 Å². The SMILES string of the molecule is CCCC(CC(=O)O)NC(=O)[C@H]1CCCO1. The van der Waals surface area contributed by atoms with Gasteiger partial charge in [-0.25, -0.2) is 0 Å². The van der Waals surface area contributed by atoms with Crippen LogP contribution in [-0.4, -0.2) is 35.7 Å². The molecule has 1 fully saturated rings. The Morgan fingerprint density at radius 1 is 1.56 bits per heavy atom. The summed E-state index contributed by atoms with van der Waals surface area (Å²) in [6.45, 7) is 2.59. The second-order valence-electron chi connectivity index (χ2n) is 4.09. The first kappa shape index (κ1) is 13.0. The van der Waals surface area contributed by atoms with Gasteiger partial charge in [0.1, 0.15) is 6.10 Å². The molecule has 1 heterocycles. The average molecular weight is 229 g/mol. The minimum atomic E-state index is -0.883. The third-order valence-electron chi connectivity index (χ3n) is 2.63. The maximum Gasteiger partial charge on any atom is 0.305 e. The molecule has 5 nitrogen and oxygen atoms in total. The number of aliphatic carboxylic acids is 1. The molecule has 5 heteroatoms. The van der Waals surface area contributed by atoms with E-state index in [2.05, 4.69) is 5.32 Å². The smallest absolute Gasteiger partial charge is 0.305 e. The number of ether oxygens (including phenoxy) is 1. The number of carbonyl (C=O) groups is 2. The van der Waals surface area contributed by atoms with Gasteiger partial charge in [-0.2, -0.15) is 0 Å². The number of carboxylic acid groups (broad SMARTS) is 1. The molecule has 1 unspecified atom stereocenters. The molecule has 2 N–H and O–H groups in total. The van der Waals surface area contributed by atoms with Gasteiger partial charge in [-0.3, -0.25) is 9.59 Å². The van der Waals surface area contributed by atoms with Crippen LogP contribution in [0.4, 0.5) is 0 Å². The average Bonchev–Trinajstić information content (AvgIpc) is 2.69. The molecule has 1 saturated heterocycles.